The van der Waals surface area contributed by atoms with Crippen molar-refractivity contribution >= 4 is 11.8 Å². The third kappa shape index (κ3) is 1.96. The molecule has 0 heterocycles. The maximum Gasteiger partial charge on any atom is 0.307 e. The maximum atomic E-state index is 11.9. The largest absolute Gasteiger partial charge is 0.481 e. The van der Waals surface area contributed by atoms with E-state index in [9.17, 15) is 14.7 Å². The van der Waals surface area contributed by atoms with E-state index in [1.54, 1.807) is 6.08 Å². The molecule has 1 N–H and O–H groups in total. The first-order chi connectivity index (χ1) is 11.3. The summed E-state index contributed by atoms with van der Waals surface area (Å²) in [6.07, 6.45) is 11.0. The number of hydrogen-bond acceptors (Lipinski definition) is 2. The molecule has 2 unspecified atom stereocenters. The maximum absolute atomic E-state index is 11.9. The smallest absolute Gasteiger partial charge is 0.307 e. The lowest BCUT2D eigenvalue weighted by atomic mass is 9.48. The molecule has 0 saturated heterocycles. The number of aliphatic carboxylic acids is 1. The van der Waals surface area contributed by atoms with E-state index in [4.69, 9.17) is 0 Å². The van der Waals surface area contributed by atoms with Crippen LogP contribution in [0.3, 0.4) is 0 Å². The van der Waals surface area contributed by atoms with Crippen LogP contribution < -0.4 is 0 Å². The highest BCUT2D eigenvalue weighted by Gasteiger charge is 2.61. The van der Waals surface area contributed by atoms with Crippen molar-refractivity contribution in [3.63, 3.8) is 0 Å². The Bertz CT molecular complexity index is 660. The molecular formula is C21H28O3. The van der Waals surface area contributed by atoms with Crippen LogP contribution in [0.5, 0.6) is 0 Å². The fraction of sp³-hybridized carbons (Fsp3) is 0.714. The predicted molar refractivity (Wildman–Crippen MR) is 92.3 cm³/mol. The Kier molecular flexibility index (Phi) is 3.40. The first-order valence-electron chi connectivity index (χ1n) is 9.44. The van der Waals surface area contributed by atoms with Crippen molar-refractivity contribution in [1.82, 2.24) is 0 Å². The van der Waals surface area contributed by atoms with Crippen LogP contribution in [0.4, 0.5) is 0 Å². The molecule has 3 nitrogen and oxygen atoms in total. The molecule has 0 aliphatic heterocycles. The van der Waals surface area contributed by atoms with Gasteiger partial charge in [-0.3, -0.25) is 9.59 Å². The van der Waals surface area contributed by atoms with E-state index in [1.165, 1.54) is 5.57 Å². The van der Waals surface area contributed by atoms with E-state index in [2.05, 4.69) is 26.8 Å². The van der Waals surface area contributed by atoms with Gasteiger partial charge in [-0.15, -0.1) is 0 Å². The van der Waals surface area contributed by atoms with Gasteiger partial charge < -0.3 is 5.11 Å². The van der Waals surface area contributed by atoms with Crippen LogP contribution in [-0.2, 0) is 9.59 Å². The summed E-state index contributed by atoms with van der Waals surface area (Å²) in [4.78, 5) is 23.7. The van der Waals surface area contributed by atoms with Gasteiger partial charge in [-0.25, -0.2) is 0 Å². The summed E-state index contributed by atoms with van der Waals surface area (Å²) < 4.78 is 0. The summed E-state index contributed by atoms with van der Waals surface area (Å²) in [6, 6.07) is 0. The van der Waals surface area contributed by atoms with Crippen molar-refractivity contribution in [3.8, 4) is 0 Å². The van der Waals surface area contributed by atoms with Gasteiger partial charge in [0.05, 0.1) is 5.92 Å². The van der Waals surface area contributed by atoms with Crippen LogP contribution in [0.15, 0.2) is 23.8 Å². The molecule has 3 heteroatoms. The van der Waals surface area contributed by atoms with Gasteiger partial charge in [0, 0.05) is 5.41 Å². The highest BCUT2D eigenvalue weighted by molar-refractivity contribution is 6.01. The fourth-order valence-electron chi connectivity index (χ4n) is 7.09. The molecule has 24 heavy (non-hydrogen) atoms. The summed E-state index contributed by atoms with van der Waals surface area (Å²) >= 11 is 0. The Hall–Kier alpha value is -1.38. The van der Waals surface area contributed by atoms with E-state index in [0.717, 1.165) is 32.1 Å². The number of fused-ring (bicyclic) bond motifs is 5. The molecule has 0 radical (unpaired) electrons. The molecule has 3 fully saturated rings. The van der Waals surface area contributed by atoms with Gasteiger partial charge in [-0.1, -0.05) is 32.4 Å². The van der Waals surface area contributed by atoms with Crippen molar-refractivity contribution in [3.05, 3.63) is 23.8 Å². The van der Waals surface area contributed by atoms with Gasteiger partial charge >= 0.3 is 5.97 Å². The highest BCUT2D eigenvalue weighted by Crippen LogP contribution is 2.67. The Labute approximate surface area is 144 Å². The van der Waals surface area contributed by atoms with Crippen molar-refractivity contribution in [2.75, 3.05) is 0 Å². The van der Waals surface area contributed by atoms with Crippen molar-refractivity contribution in [2.24, 2.45) is 40.4 Å². The zero-order valence-electron chi connectivity index (χ0n) is 14.9. The fourth-order valence-corrected chi connectivity index (χ4v) is 7.09. The molecule has 4 aliphatic carbocycles. The molecule has 0 spiro atoms. The molecule has 7 atom stereocenters. The van der Waals surface area contributed by atoms with Crippen molar-refractivity contribution in [1.29, 1.82) is 0 Å². The third-order valence-electron chi connectivity index (χ3n) is 8.17. The second kappa shape index (κ2) is 5.06. The number of ketones is 1. The zero-order valence-corrected chi connectivity index (χ0v) is 14.9. The first kappa shape index (κ1) is 16.1. The number of allylic oxidation sites excluding steroid dienone is 4. The molecule has 0 amide bonds. The molecule has 4 aliphatic rings. The molecule has 0 aromatic carbocycles. The van der Waals surface area contributed by atoms with E-state index < -0.39 is 5.97 Å². The number of carbonyl (C=O) groups excluding carboxylic acids is 1. The molecule has 130 valence electrons. The number of rotatable bonds is 1. The summed E-state index contributed by atoms with van der Waals surface area (Å²) in [5, 5.41) is 9.79. The second-order valence-corrected chi connectivity index (χ2v) is 9.18. The lowest BCUT2D eigenvalue weighted by Crippen LogP contribution is -2.50. The molecular weight excluding hydrogens is 300 g/mol. The van der Waals surface area contributed by atoms with E-state index in [1.807, 2.05) is 6.08 Å². The zero-order chi connectivity index (χ0) is 17.3. The van der Waals surface area contributed by atoms with Crippen molar-refractivity contribution in [2.45, 2.75) is 52.9 Å². The van der Waals surface area contributed by atoms with Crippen LogP contribution in [0.25, 0.3) is 0 Å². The third-order valence-corrected chi connectivity index (χ3v) is 8.17. The highest BCUT2D eigenvalue weighted by atomic mass is 16.4. The molecule has 0 aromatic heterocycles. The Morgan fingerprint density at radius 1 is 1.25 bits per heavy atom. The molecule has 4 rings (SSSR count). The summed E-state index contributed by atoms with van der Waals surface area (Å²) in [5.74, 6) is 1.26. The van der Waals surface area contributed by atoms with Crippen molar-refractivity contribution < 1.29 is 14.7 Å². The second-order valence-electron chi connectivity index (χ2n) is 9.18. The van der Waals surface area contributed by atoms with Crippen LogP contribution in [0, 0.1) is 40.4 Å². The SMILES string of the molecule is CC1C[C@H]2[C@@H]3CCC4=CC(=O)C=C[C@]4(C)[C@H]3CC[C@]2(C)C1C(=O)O. The van der Waals surface area contributed by atoms with Gasteiger partial charge in [0.15, 0.2) is 5.78 Å². The minimum absolute atomic E-state index is 0.00268. The van der Waals surface area contributed by atoms with Gasteiger partial charge in [-0.2, -0.15) is 0 Å². The number of carbonyl (C=O) groups is 2. The number of carboxylic acids is 1. The van der Waals surface area contributed by atoms with Gasteiger partial charge in [0.25, 0.3) is 0 Å². The van der Waals surface area contributed by atoms with E-state index in [0.29, 0.717) is 17.8 Å². The molecule has 0 aromatic rings. The topological polar surface area (TPSA) is 54.4 Å². The monoisotopic (exact) mass is 328 g/mol. The summed E-state index contributed by atoms with van der Waals surface area (Å²) in [7, 11) is 0. The minimum Gasteiger partial charge on any atom is -0.481 e. The lowest BCUT2D eigenvalue weighted by molar-refractivity contribution is -0.150. The standard InChI is InChI=1S/C21H28O3/c1-12-10-17-15-5-4-13-11-14(22)6-8-20(13,2)16(15)7-9-21(17,3)18(12)19(23)24/h6,8,11-12,15-18H,4-5,7,9-10H2,1-3H3,(H,23,24)/t12?,15-,16+,17+,18?,20+,21+/m1/s1. The Morgan fingerprint density at radius 3 is 2.71 bits per heavy atom. The molecule has 0 bridgehead atoms. The average molecular weight is 328 g/mol. The predicted octanol–water partition coefficient (Wildman–Crippen LogP) is 4.24. The average Bonchev–Trinajstić information content (AvgIpc) is 2.78. The van der Waals surface area contributed by atoms with Crippen LogP contribution in [0.1, 0.15) is 52.9 Å². The minimum atomic E-state index is -0.600. The number of hydrogen-bond donors (Lipinski definition) is 1. The van der Waals surface area contributed by atoms with Crippen LogP contribution in [-0.4, -0.2) is 16.9 Å². The van der Waals surface area contributed by atoms with Crippen LogP contribution >= 0.6 is 0 Å². The van der Waals surface area contributed by atoms with E-state index >= 15 is 0 Å². The van der Waals surface area contributed by atoms with Gasteiger partial charge in [0.2, 0.25) is 0 Å². The van der Waals surface area contributed by atoms with Crippen LogP contribution in [0.2, 0.25) is 0 Å². The van der Waals surface area contributed by atoms with E-state index in [-0.39, 0.29) is 28.4 Å². The first-order valence-corrected chi connectivity index (χ1v) is 9.44. The lowest BCUT2D eigenvalue weighted by Gasteiger charge is -2.56. The Balaban J connectivity index is 1.70. The van der Waals surface area contributed by atoms with Gasteiger partial charge in [0.1, 0.15) is 0 Å². The normalized spacial score (nSPS) is 49.9. The Morgan fingerprint density at radius 2 is 2.00 bits per heavy atom. The summed E-state index contributed by atoms with van der Waals surface area (Å²) in [6.45, 7) is 6.67. The number of carboxylic acid groups (broad SMARTS) is 1. The quantitative estimate of drug-likeness (QED) is 0.783. The molecule has 3 saturated carbocycles. The summed E-state index contributed by atoms with van der Waals surface area (Å²) in [5.41, 5.74) is 1.25. The van der Waals surface area contributed by atoms with Gasteiger partial charge in [-0.05, 0) is 73.3 Å².